The van der Waals surface area contributed by atoms with Crippen molar-refractivity contribution in [2.45, 2.75) is 0 Å². The van der Waals surface area contributed by atoms with Crippen molar-refractivity contribution in [3.8, 4) is 0 Å². The zero-order valence-corrected chi connectivity index (χ0v) is 10.4. The van der Waals surface area contributed by atoms with E-state index in [1.807, 2.05) is 0 Å². The quantitative estimate of drug-likeness (QED) is 0.581. The topological polar surface area (TPSA) is 85.0 Å². The molecule has 0 aliphatic carbocycles. The summed E-state index contributed by atoms with van der Waals surface area (Å²) in [6.07, 6.45) is 1.73. The van der Waals surface area contributed by atoms with Crippen LogP contribution in [-0.2, 0) is 7.05 Å². The van der Waals surface area contributed by atoms with Crippen LogP contribution in [0.1, 0.15) is 10.4 Å². The summed E-state index contributed by atoms with van der Waals surface area (Å²) in [7, 11) is 1.77. The van der Waals surface area contributed by atoms with E-state index in [0.29, 0.717) is 22.1 Å². The van der Waals surface area contributed by atoms with Gasteiger partial charge >= 0.3 is 0 Å². The number of anilines is 2. The van der Waals surface area contributed by atoms with Crippen molar-refractivity contribution in [2.24, 2.45) is 12.9 Å². The van der Waals surface area contributed by atoms with Crippen LogP contribution in [0.3, 0.4) is 0 Å². The summed E-state index contributed by atoms with van der Waals surface area (Å²) < 4.78 is 1.59. The Bertz CT molecular complexity index is 581. The minimum atomic E-state index is -0.329. The van der Waals surface area contributed by atoms with Gasteiger partial charge in [-0.1, -0.05) is 11.6 Å². The highest BCUT2D eigenvalue weighted by atomic mass is 35.5. The number of hydrogen-bond donors (Lipinski definition) is 3. The van der Waals surface area contributed by atoms with Gasteiger partial charge in [-0.3, -0.25) is 15.3 Å². The van der Waals surface area contributed by atoms with E-state index in [4.69, 9.17) is 17.4 Å². The lowest BCUT2D eigenvalue weighted by molar-refractivity contribution is 0.102. The number of nitrogens with zero attached hydrogens (tertiary/aromatic N) is 2. The third-order valence-corrected chi connectivity index (χ3v) is 2.57. The molecule has 1 aromatic heterocycles. The normalized spacial score (nSPS) is 10.2. The number of hydrazine groups is 1. The number of hydrogen-bond acceptors (Lipinski definition) is 4. The number of carbonyl (C=O) groups is 1. The molecule has 4 N–H and O–H groups in total. The largest absolute Gasteiger partial charge is 0.323 e. The second-order valence-corrected chi connectivity index (χ2v) is 4.10. The van der Waals surface area contributed by atoms with Gasteiger partial charge in [-0.05, 0) is 18.2 Å². The molecule has 2 rings (SSSR count). The second-order valence-electron chi connectivity index (χ2n) is 3.66. The number of nitrogen functional groups attached to an aromatic ring is 1. The Morgan fingerprint density at radius 2 is 2.22 bits per heavy atom. The molecule has 1 heterocycles. The molecule has 0 aliphatic rings. The molecule has 94 valence electrons. The Kier molecular flexibility index (Phi) is 3.50. The van der Waals surface area contributed by atoms with Crippen LogP contribution >= 0.6 is 11.6 Å². The molecule has 0 unspecified atom stereocenters. The van der Waals surface area contributed by atoms with Crippen molar-refractivity contribution >= 4 is 29.0 Å². The smallest absolute Gasteiger partial charge is 0.259 e. The average Bonchev–Trinajstić information content (AvgIpc) is 2.74. The Morgan fingerprint density at radius 1 is 1.44 bits per heavy atom. The summed E-state index contributed by atoms with van der Waals surface area (Å²) in [6.45, 7) is 0. The predicted molar refractivity (Wildman–Crippen MR) is 70.4 cm³/mol. The first-order chi connectivity index (χ1) is 8.60. The summed E-state index contributed by atoms with van der Waals surface area (Å²) in [4.78, 5) is 12.0. The Hall–Kier alpha value is -2.05. The zero-order chi connectivity index (χ0) is 13.1. The molecule has 0 saturated heterocycles. The van der Waals surface area contributed by atoms with Gasteiger partial charge in [0.25, 0.3) is 5.91 Å². The first-order valence-electron chi connectivity index (χ1n) is 5.17. The van der Waals surface area contributed by atoms with E-state index in [-0.39, 0.29) is 5.91 Å². The molecule has 0 spiro atoms. The number of halogens is 1. The molecule has 1 amide bonds. The zero-order valence-electron chi connectivity index (χ0n) is 9.64. The van der Waals surface area contributed by atoms with Crippen LogP contribution in [0.4, 0.5) is 11.5 Å². The number of nitrogens with one attached hydrogen (secondary N) is 2. The maximum atomic E-state index is 12.0. The van der Waals surface area contributed by atoms with Crippen molar-refractivity contribution in [1.29, 1.82) is 0 Å². The summed E-state index contributed by atoms with van der Waals surface area (Å²) in [5, 5.41) is 7.17. The number of nitrogens with two attached hydrogens (primary N) is 1. The Balaban J connectivity index is 2.25. The SMILES string of the molecule is Cn1ccc(NC(=O)c2cc(Cl)ccc2NN)n1. The van der Waals surface area contributed by atoms with E-state index in [1.165, 1.54) is 6.07 Å². The lowest BCUT2D eigenvalue weighted by Crippen LogP contribution is -2.17. The van der Waals surface area contributed by atoms with Gasteiger partial charge in [0, 0.05) is 24.3 Å². The van der Waals surface area contributed by atoms with Crippen molar-refractivity contribution in [1.82, 2.24) is 9.78 Å². The van der Waals surface area contributed by atoms with Crippen LogP contribution in [0, 0.1) is 0 Å². The third kappa shape index (κ3) is 2.61. The Labute approximate surface area is 109 Å². The molecule has 7 heteroatoms. The van der Waals surface area contributed by atoms with Gasteiger partial charge in [0.15, 0.2) is 5.82 Å². The highest BCUT2D eigenvalue weighted by Crippen LogP contribution is 2.20. The summed E-state index contributed by atoms with van der Waals surface area (Å²) in [5.41, 5.74) is 3.30. The second kappa shape index (κ2) is 5.07. The van der Waals surface area contributed by atoms with Crippen LogP contribution in [0.25, 0.3) is 0 Å². The van der Waals surface area contributed by atoms with Crippen molar-refractivity contribution < 1.29 is 4.79 Å². The number of benzene rings is 1. The number of carbonyl (C=O) groups excluding carboxylic acids is 1. The maximum Gasteiger partial charge on any atom is 0.259 e. The Morgan fingerprint density at radius 3 is 2.83 bits per heavy atom. The monoisotopic (exact) mass is 265 g/mol. The van der Waals surface area contributed by atoms with Gasteiger partial charge < -0.3 is 10.7 Å². The van der Waals surface area contributed by atoms with Gasteiger partial charge in [-0.2, -0.15) is 5.10 Å². The maximum absolute atomic E-state index is 12.0. The van der Waals surface area contributed by atoms with E-state index < -0.39 is 0 Å². The van der Waals surface area contributed by atoms with Gasteiger partial charge in [0.05, 0.1) is 11.3 Å². The van der Waals surface area contributed by atoms with Crippen LogP contribution in [0.15, 0.2) is 30.5 Å². The number of rotatable bonds is 3. The minimum absolute atomic E-state index is 0.329. The van der Waals surface area contributed by atoms with Gasteiger partial charge in [-0.15, -0.1) is 0 Å². The molecule has 2 aromatic rings. The van der Waals surface area contributed by atoms with Crippen LogP contribution in [0.2, 0.25) is 5.02 Å². The molecule has 0 atom stereocenters. The molecule has 18 heavy (non-hydrogen) atoms. The minimum Gasteiger partial charge on any atom is -0.323 e. The standard InChI is InChI=1S/C11H12ClN5O/c1-17-5-4-10(16-17)14-11(18)8-6-7(12)2-3-9(8)15-13/h2-6,15H,13H2,1H3,(H,14,16,18). The van der Waals surface area contributed by atoms with Crippen LogP contribution in [0.5, 0.6) is 0 Å². The average molecular weight is 266 g/mol. The highest BCUT2D eigenvalue weighted by molar-refractivity contribution is 6.31. The van der Waals surface area contributed by atoms with Crippen molar-refractivity contribution in [3.63, 3.8) is 0 Å². The molecule has 1 aromatic carbocycles. The molecule has 0 fully saturated rings. The highest BCUT2D eigenvalue weighted by Gasteiger charge is 2.12. The van der Waals surface area contributed by atoms with Crippen LogP contribution < -0.4 is 16.6 Å². The molecule has 0 saturated carbocycles. The fourth-order valence-electron chi connectivity index (χ4n) is 1.50. The van der Waals surface area contributed by atoms with E-state index in [0.717, 1.165) is 0 Å². The predicted octanol–water partition coefficient (Wildman–Crippen LogP) is 1.61. The fraction of sp³-hybridized carbons (Fsp3) is 0.0909. The molecule has 0 radical (unpaired) electrons. The molecular weight excluding hydrogens is 254 g/mol. The van der Waals surface area contributed by atoms with Gasteiger partial charge in [-0.25, -0.2) is 0 Å². The van der Waals surface area contributed by atoms with Gasteiger partial charge in [0.2, 0.25) is 0 Å². The molecule has 6 nitrogen and oxygen atoms in total. The molecular formula is C11H12ClN5O. The summed E-state index contributed by atoms with van der Waals surface area (Å²) >= 11 is 5.86. The van der Waals surface area contributed by atoms with E-state index in [1.54, 1.807) is 36.1 Å². The lowest BCUT2D eigenvalue weighted by atomic mass is 10.1. The van der Waals surface area contributed by atoms with E-state index in [2.05, 4.69) is 15.8 Å². The lowest BCUT2D eigenvalue weighted by Gasteiger charge is -2.08. The third-order valence-electron chi connectivity index (χ3n) is 2.34. The van der Waals surface area contributed by atoms with Crippen molar-refractivity contribution in [2.75, 3.05) is 10.7 Å². The fourth-order valence-corrected chi connectivity index (χ4v) is 1.67. The number of aromatic nitrogens is 2. The summed E-state index contributed by atoms with van der Waals surface area (Å²) in [5.74, 6) is 5.48. The molecule has 0 aliphatic heterocycles. The van der Waals surface area contributed by atoms with E-state index in [9.17, 15) is 4.79 Å². The first kappa shape index (κ1) is 12.4. The summed E-state index contributed by atoms with van der Waals surface area (Å²) in [6, 6.07) is 6.51. The van der Waals surface area contributed by atoms with Crippen molar-refractivity contribution in [3.05, 3.63) is 41.0 Å². The van der Waals surface area contributed by atoms with Crippen LogP contribution in [-0.4, -0.2) is 15.7 Å². The molecule has 0 bridgehead atoms. The number of amides is 1. The van der Waals surface area contributed by atoms with E-state index >= 15 is 0 Å². The van der Waals surface area contributed by atoms with Gasteiger partial charge in [0.1, 0.15) is 0 Å². The number of aryl methyl sites for hydroxylation is 1. The first-order valence-corrected chi connectivity index (χ1v) is 5.55.